The number of esters is 1. The first-order valence-electron chi connectivity index (χ1n) is 13.2. The Morgan fingerprint density at radius 1 is 0.944 bits per heavy atom. The molecule has 4 atom stereocenters. The lowest BCUT2D eigenvalue weighted by Gasteiger charge is -2.32. The molecule has 0 radical (unpaired) electrons. The summed E-state index contributed by atoms with van der Waals surface area (Å²) in [5.74, 6) is -1.41. The third-order valence-electron chi connectivity index (χ3n) is 7.69. The van der Waals surface area contributed by atoms with E-state index in [-0.39, 0.29) is 17.9 Å². The van der Waals surface area contributed by atoms with Crippen molar-refractivity contribution in [2.24, 2.45) is 11.8 Å². The fourth-order valence-electron chi connectivity index (χ4n) is 6.13. The van der Waals surface area contributed by atoms with E-state index in [1.807, 2.05) is 74.5 Å². The molecular weight excluding hydrogens is 452 g/mol. The molecule has 0 bridgehead atoms. The van der Waals surface area contributed by atoms with Gasteiger partial charge in [0.15, 0.2) is 0 Å². The Kier molecular flexibility index (Phi) is 8.44. The highest BCUT2D eigenvalue weighted by Crippen LogP contribution is 2.51. The van der Waals surface area contributed by atoms with Gasteiger partial charge in [0.1, 0.15) is 6.04 Å². The molecule has 2 aromatic carbocycles. The minimum atomic E-state index is -0.819. The maximum Gasteiger partial charge on any atom is 0.311 e. The fraction of sp³-hybridized carbons (Fsp3) is 0.500. The summed E-state index contributed by atoms with van der Waals surface area (Å²) < 4.78 is 5.31. The summed E-state index contributed by atoms with van der Waals surface area (Å²) in [5.41, 5.74) is 1.69. The quantitative estimate of drug-likeness (QED) is 0.528. The van der Waals surface area contributed by atoms with E-state index in [1.54, 1.807) is 4.90 Å². The van der Waals surface area contributed by atoms with Crippen LogP contribution >= 0.6 is 0 Å². The molecule has 6 heteroatoms. The minimum absolute atomic E-state index is 0.0769. The normalized spacial score (nSPS) is 24.2. The zero-order valence-electron chi connectivity index (χ0n) is 21.6. The number of nitrogens with one attached hydrogen (secondary N) is 1. The van der Waals surface area contributed by atoms with Gasteiger partial charge in [-0.3, -0.25) is 14.4 Å². The van der Waals surface area contributed by atoms with Crippen molar-refractivity contribution < 1.29 is 19.1 Å². The maximum atomic E-state index is 14.0. The van der Waals surface area contributed by atoms with Crippen LogP contribution in [0.1, 0.15) is 75.5 Å². The largest absolute Gasteiger partial charge is 0.469 e. The predicted octanol–water partition coefficient (Wildman–Crippen LogP) is 5.01. The van der Waals surface area contributed by atoms with Gasteiger partial charge in [0, 0.05) is 18.4 Å². The first-order valence-corrected chi connectivity index (χ1v) is 13.2. The highest BCUT2D eigenvalue weighted by Gasteiger charge is 2.57. The smallest absolute Gasteiger partial charge is 0.311 e. The van der Waals surface area contributed by atoms with E-state index in [2.05, 4.69) is 5.32 Å². The standard InChI is InChI=1S/C30H38N2O4/c1-20(2)31-29(34)28-25(22-14-6-4-7-15-22)26(30(35)36-3)27(23-16-8-5-9-17-23)32(28)24(33)19-18-21-12-10-11-13-21/h4-9,14-17,20-21,25-28H,10-13,18-19H2,1-3H3,(H,31,34). The number of amides is 2. The monoisotopic (exact) mass is 490 g/mol. The Morgan fingerprint density at radius 2 is 1.53 bits per heavy atom. The average Bonchev–Trinajstić information content (AvgIpc) is 3.54. The summed E-state index contributed by atoms with van der Waals surface area (Å²) in [6.45, 7) is 3.81. The second-order valence-electron chi connectivity index (χ2n) is 10.4. The highest BCUT2D eigenvalue weighted by molar-refractivity contribution is 5.92. The van der Waals surface area contributed by atoms with Gasteiger partial charge in [0.2, 0.25) is 11.8 Å². The molecule has 36 heavy (non-hydrogen) atoms. The third-order valence-corrected chi connectivity index (χ3v) is 7.69. The zero-order chi connectivity index (χ0) is 25.7. The van der Waals surface area contributed by atoms with E-state index in [9.17, 15) is 14.4 Å². The number of carbonyl (C=O) groups excluding carboxylic acids is 3. The molecule has 1 saturated carbocycles. The molecule has 2 aliphatic rings. The lowest BCUT2D eigenvalue weighted by Crippen LogP contribution is -2.50. The predicted molar refractivity (Wildman–Crippen MR) is 139 cm³/mol. The van der Waals surface area contributed by atoms with Crippen molar-refractivity contribution in [3.8, 4) is 0 Å². The Morgan fingerprint density at radius 3 is 2.08 bits per heavy atom. The second-order valence-corrected chi connectivity index (χ2v) is 10.4. The fourth-order valence-corrected chi connectivity index (χ4v) is 6.13. The molecule has 192 valence electrons. The van der Waals surface area contributed by atoms with E-state index in [1.165, 1.54) is 20.0 Å². The van der Waals surface area contributed by atoms with E-state index >= 15 is 0 Å². The molecule has 2 amide bonds. The molecule has 1 aliphatic carbocycles. The molecular formula is C30H38N2O4. The molecule has 2 fully saturated rings. The summed E-state index contributed by atoms with van der Waals surface area (Å²) >= 11 is 0. The van der Waals surface area contributed by atoms with E-state index in [0.29, 0.717) is 12.3 Å². The molecule has 0 spiro atoms. The highest BCUT2D eigenvalue weighted by atomic mass is 16.5. The third kappa shape index (κ3) is 5.48. The molecule has 1 saturated heterocycles. The number of rotatable bonds is 8. The molecule has 6 nitrogen and oxygen atoms in total. The van der Waals surface area contributed by atoms with Gasteiger partial charge < -0.3 is 15.0 Å². The first-order chi connectivity index (χ1) is 17.4. The van der Waals surface area contributed by atoms with E-state index in [0.717, 1.165) is 30.4 Å². The number of benzene rings is 2. The van der Waals surface area contributed by atoms with Gasteiger partial charge in [-0.05, 0) is 37.3 Å². The summed E-state index contributed by atoms with van der Waals surface area (Å²) in [7, 11) is 1.38. The SMILES string of the molecule is COC(=O)C1C(c2ccccc2)C(C(=O)NC(C)C)N(C(=O)CCC2CCCC2)C1c1ccccc1. The van der Waals surface area contributed by atoms with Crippen LogP contribution in [0.2, 0.25) is 0 Å². The summed E-state index contributed by atoms with van der Waals surface area (Å²) in [4.78, 5) is 42.9. The van der Waals surface area contributed by atoms with Crippen LogP contribution in [0.3, 0.4) is 0 Å². The van der Waals surface area contributed by atoms with E-state index in [4.69, 9.17) is 4.74 Å². The number of likely N-dealkylation sites (tertiary alicyclic amines) is 1. The van der Waals surface area contributed by atoms with Gasteiger partial charge in [-0.1, -0.05) is 86.3 Å². The van der Waals surface area contributed by atoms with Crippen LogP contribution in [0.25, 0.3) is 0 Å². The van der Waals surface area contributed by atoms with Crippen molar-refractivity contribution in [1.82, 2.24) is 10.2 Å². The van der Waals surface area contributed by atoms with Gasteiger partial charge in [0.05, 0.1) is 19.1 Å². The van der Waals surface area contributed by atoms with Crippen LogP contribution in [0.4, 0.5) is 0 Å². The van der Waals surface area contributed by atoms with Crippen molar-refractivity contribution in [2.75, 3.05) is 7.11 Å². The van der Waals surface area contributed by atoms with Crippen LogP contribution in [-0.4, -0.2) is 41.9 Å². The lowest BCUT2D eigenvalue weighted by atomic mass is 9.79. The summed E-state index contributed by atoms with van der Waals surface area (Å²) in [6.07, 6.45) is 5.93. The van der Waals surface area contributed by atoms with E-state index < -0.39 is 29.9 Å². The number of hydrogen-bond acceptors (Lipinski definition) is 4. The number of methoxy groups -OCH3 is 1. The minimum Gasteiger partial charge on any atom is -0.469 e. The van der Waals surface area contributed by atoms with Crippen LogP contribution in [0, 0.1) is 11.8 Å². The lowest BCUT2D eigenvalue weighted by molar-refractivity contribution is -0.147. The maximum absolute atomic E-state index is 14.0. The Balaban J connectivity index is 1.83. The van der Waals surface area contributed by atoms with Crippen molar-refractivity contribution >= 4 is 17.8 Å². The topological polar surface area (TPSA) is 75.7 Å². The second kappa shape index (κ2) is 11.7. The molecule has 0 aromatic heterocycles. The summed E-state index contributed by atoms with van der Waals surface area (Å²) in [6, 6.07) is 17.7. The molecule has 2 aromatic rings. The first kappa shape index (κ1) is 25.9. The number of nitrogens with zero attached hydrogens (tertiary/aromatic N) is 1. The molecule has 1 heterocycles. The van der Waals surface area contributed by atoms with Gasteiger partial charge in [0.25, 0.3) is 0 Å². The molecule has 1 N–H and O–H groups in total. The van der Waals surface area contributed by atoms with Gasteiger partial charge >= 0.3 is 5.97 Å². The van der Waals surface area contributed by atoms with Crippen LogP contribution < -0.4 is 5.32 Å². The molecule has 1 aliphatic heterocycles. The Bertz CT molecular complexity index is 1030. The van der Waals surface area contributed by atoms with Crippen molar-refractivity contribution in [3.63, 3.8) is 0 Å². The van der Waals surface area contributed by atoms with Crippen LogP contribution in [0.15, 0.2) is 60.7 Å². The molecule has 4 rings (SSSR count). The number of hydrogen-bond donors (Lipinski definition) is 1. The van der Waals surface area contributed by atoms with Crippen LogP contribution in [0.5, 0.6) is 0 Å². The number of carbonyl (C=O) groups is 3. The van der Waals surface area contributed by atoms with Crippen LogP contribution in [-0.2, 0) is 19.1 Å². The van der Waals surface area contributed by atoms with Gasteiger partial charge in [-0.25, -0.2) is 0 Å². The van der Waals surface area contributed by atoms with Crippen molar-refractivity contribution in [1.29, 1.82) is 0 Å². The Hall–Kier alpha value is -3.15. The number of ether oxygens (including phenoxy) is 1. The van der Waals surface area contributed by atoms with Crippen molar-refractivity contribution in [3.05, 3.63) is 71.8 Å². The molecule has 4 unspecified atom stereocenters. The van der Waals surface area contributed by atoms with Crippen molar-refractivity contribution in [2.45, 2.75) is 76.4 Å². The van der Waals surface area contributed by atoms with Gasteiger partial charge in [-0.2, -0.15) is 0 Å². The van der Waals surface area contributed by atoms with Gasteiger partial charge in [-0.15, -0.1) is 0 Å². The Labute approximate surface area is 214 Å². The average molecular weight is 491 g/mol. The summed E-state index contributed by atoms with van der Waals surface area (Å²) in [5, 5.41) is 3.03. The zero-order valence-corrected chi connectivity index (χ0v) is 21.6.